The van der Waals surface area contributed by atoms with E-state index >= 15 is 0 Å². The molecule has 0 aromatic carbocycles. The van der Waals surface area contributed by atoms with Crippen LogP contribution in [0.15, 0.2) is 0 Å². The molecular formula is C9H16F3NOS. The molecule has 0 spiro atoms. The van der Waals surface area contributed by atoms with Crippen LogP contribution in [0.5, 0.6) is 0 Å². The maximum atomic E-state index is 11.6. The highest BCUT2D eigenvalue weighted by Gasteiger charge is 2.28. The fraction of sp³-hybridized carbons (Fsp3) is 1.00. The molecule has 6 heteroatoms. The van der Waals surface area contributed by atoms with Gasteiger partial charge < -0.3 is 5.32 Å². The van der Waals surface area contributed by atoms with Crippen LogP contribution in [0, 0.1) is 0 Å². The molecule has 0 aliphatic carbocycles. The minimum Gasteiger partial charge on any atom is -0.313 e. The summed E-state index contributed by atoms with van der Waals surface area (Å²) in [6, 6.07) is 0. The van der Waals surface area contributed by atoms with Gasteiger partial charge in [-0.25, -0.2) is 0 Å². The largest absolute Gasteiger partial charge is 0.522 e. The van der Waals surface area contributed by atoms with Gasteiger partial charge in [0.05, 0.1) is 6.61 Å². The first-order valence-electron chi connectivity index (χ1n) is 5.11. The third-order valence-corrected chi connectivity index (χ3v) is 3.59. The molecule has 0 aromatic rings. The topological polar surface area (TPSA) is 21.3 Å². The Morgan fingerprint density at radius 2 is 2.13 bits per heavy atom. The van der Waals surface area contributed by atoms with Gasteiger partial charge in [0, 0.05) is 18.3 Å². The van der Waals surface area contributed by atoms with E-state index in [4.69, 9.17) is 0 Å². The van der Waals surface area contributed by atoms with Crippen molar-refractivity contribution in [3.63, 3.8) is 0 Å². The van der Waals surface area contributed by atoms with Crippen LogP contribution in [0.1, 0.15) is 19.3 Å². The van der Waals surface area contributed by atoms with Crippen molar-refractivity contribution in [3.05, 3.63) is 0 Å². The molecule has 15 heavy (non-hydrogen) atoms. The molecule has 1 heterocycles. The molecule has 1 saturated heterocycles. The Hall–Kier alpha value is 0.0600. The second kappa shape index (κ2) is 6.60. The molecular weight excluding hydrogens is 227 g/mol. The van der Waals surface area contributed by atoms with Gasteiger partial charge in [-0.05, 0) is 18.6 Å². The monoisotopic (exact) mass is 243 g/mol. The van der Waals surface area contributed by atoms with E-state index < -0.39 is 6.36 Å². The van der Waals surface area contributed by atoms with Gasteiger partial charge in [-0.1, -0.05) is 6.42 Å². The lowest BCUT2D eigenvalue weighted by molar-refractivity contribution is -0.323. The number of halogens is 3. The van der Waals surface area contributed by atoms with Gasteiger partial charge in [-0.2, -0.15) is 11.8 Å². The van der Waals surface area contributed by atoms with Crippen molar-refractivity contribution >= 4 is 11.8 Å². The van der Waals surface area contributed by atoms with Gasteiger partial charge in [-0.15, -0.1) is 13.2 Å². The first kappa shape index (κ1) is 13.1. The molecule has 1 aliphatic heterocycles. The Kier molecular flexibility index (Phi) is 5.78. The van der Waals surface area contributed by atoms with E-state index in [1.165, 1.54) is 18.6 Å². The first-order chi connectivity index (χ1) is 7.08. The van der Waals surface area contributed by atoms with Gasteiger partial charge in [0.25, 0.3) is 0 Å². The van der Waals surface area contributed by atoms with E-state index in [0.717, 1.165) is 13.0 Å². The van der Waals surface area contributed by atoms with Crippen LogP contribution in [-0.2, 0) is 4.74 Å². The molecule has 0 amide bonds. The summed E-state index contributed by atoms with van der Waals surface area (Å²) in [6.45, 7) is 0.739. The standard InChI is InChI=1S/C9H16F3NOS/c10-9(11,12)14-5-4-13-7-8-3-1-2-6-15-8/h8,13H,1-7H2. The van der Waals surface area contributed by atoms with Crippen LogP contribution in [0.4, 0.5) is 13.2 Å². The Bertz CT molecular complexity index is 171. The second-order valence-electron chi connectivity index (χ2n) is 3.49. The summed E-state index contributed by atoms with van der Waals surface area (Å²) < 4.78 is 38.4. The van der Waals surface area contributed by atoms with Crippen LogP contribution in [0.25, 0.3) is 0 Å². The average molecular weight is 243 g/mol. The summed E-state index contributed by atoms with van der Waals surface area (Å²) in [6.07, 6.45) is -0.837. The zero-order valence-corrected chi connectivity index (χ0v) is 9.29. The zero-order valence-electron chi connectivity index (χ0n) is 8.48. The summed E-state index contributed by atoms with van der Waals surface area (Å²) in [5.74, 6) is 1.17. The predicted molar refractivity (Wildman–Crippen MR) is 55.0 cm³/mol. The molecule has 1 aliphatic rings. The second-order valence-corrected chi connectivity index (χ2v) is 4.90. The van der Waals surface area contributed by atoms with Crippen molar-refractivity contribution in [1.82, 2.24) is 5.32 Å². The van der Waals surface area contributed by atoms with E-state index in [1.807, 2.05) is 11.8 Å². The van der Waals surface area contributed by atoms with Crippen molar-refractivity contribution in [1.29, 1.82) is 0 Å². The molecule has 1 atom stereocenters. The van der Waals surface area contributed by atoms with Gasteiger partial charge in [0.1, 0.15) is 0 Å². The SMILES string of the molecule is FC(F)(F)OCCNCC1CCCCS1. The number of rotatable bonds is 5. The Labute approximate surface area is 91.9 Å². The number of thioether (sulfide) groups is 1. The molecule has 0 bridgehead atoms. The molecule has 1 unspecified atom stereocenters. The molecule has 1 N–H and O–H groups in total. The molecule has 1 rings (SSSR count). The minimum absolute atomic E-state index is 0.260. The Morgan fingerprint density at radius 3 is 2.73 bits per heavy atom. The maximum absolute atomic E-state index is 11.6. The van der Waals surface area contributed by atoms with Crippen molar-refractivity contribution in [3.8, 4) is 0 Å². The average Bonchev–Trinajstić information content (AvgIpc) is 2.17. The van der Waals surface area contributed by atoms with Crippen LogP contribution in [0.3, 0.4) is 0 Å². The molecule has 90 valence electrons. The fourth-order valence-electron chi connectivity index (χ4n) is 1.47. The van der Waals surface area contributed by atoms with Crippen LogP contribution in [0.2, 0.25) is 0 Å². The lowest BCUT2D eigenvalue weighted by Crippen LogP contribution is -2.30. The van der Waals surface area contributed by atoms with E-state index in [9.17, 15) is 13.2 Å². The van der Waals surface area contributed by atoms with Crippen LogP contribution >= 0.6 is 11.8 Å². The molecule has 0 aromatic heterocycles. The summed E-state index contributed by atoms with van der Waals surface area (Å²) in [5.41, 5.74) is 0. The van der Waals surface area contributed by atoms with Gasteiger partial charge in [-0.3, -0.25) is 4.74 Å². The fourth-order valence-corrected chi connectivity index (χ4v) is 2.74. The predicted octanol–water partition coefficient (Wildman–Crippen LogP) is 2.40. The Morgan fingerprint density at radius 1 is 1.33 bits per heavy atom. The highest BCUT2D eigenvalue weighted by atomic mass is 32.2. The Balaban J connectivity index is 1.92. The number of nitrogens with one attached hydrogen (secondary N) is 1. The minimum atomic E-state index is -4.50. The number of alkyl halides is 3. The van der Waals surface area contributed by atoms with Crippen LogP contribution < -0.4 is 5.32 Å². The van der Waals surface area contributed by atoms with E-state index in [2.05, 4.69) is 10.1 Å². The van der Waals surface area contributed by atoms with Crippen molar-refractivity contribution in [2.24, 2.45) is 0 Å². The summed E-state index contributed by atoms with van der Waals surface area (Å²) >= 11 is 1.90. The first-order valence-corrected chi connectivity index (χ1v) is 6.16. The highest BCUT2D eigenvalue weighted by molar-refractivity contribution is 7.99. The van der Waals surface area contributed by atoms with Crippen molar-refractivity contribution in [2.45, 2.75) is 30.9 Å². The third-order valence-electron chi connectivity index (χ3n) is 2.19. The molecule has 1 fully saturated rings. The maximum Gasteiger partial charge on any atom is 0.522 e. The molecule has 0 saturated carbocycles. The van der Waals surface area contributed by atoms with E-state index in [1.54, 1.807) is 0 Å². The van der Waals surface area contributed by atoms with Crippen LogP contribution in [-0.4, -0.2) is 37.1 Å². The number of hydrogen-bond donors (Lipinski definition) is 1. The van der Waals surface area contributed by atoms with Gasteiger partial charge in [0.2, 0.25) is 0 Å². The lowest BCUT2D eigenvalue weighted by Gasteiger charge is -2.21. The summed E-state index contributed by atoms with van der Waals surface area (Å²) in [7, 11) is 0. The summed E-state index contributed by atoms with van der Waals surface area (Å²) in [4.78, 5) is 0. The van der Waals surface area contributed by atoms with Crippen molar-refractivity contribution < 1.29 is 17.9 Å². The highest BCUT2D eigenvalue weighted by Crippen LogP contribution is 2.24. The summed E-state index contributed by atoms with van der Waals surface area (Å²) in [5, 5.41) is 3.54. The number of ether oxygens (including phenoxy) is 1. The normalized spacial score (nSPS) is 23.0. The van der Waals surface area contributed by atoms with E-state index in [-0.39, 0.29) is 13.2 Å². The molecule has 0 radical (unpaired) electrons. The van der Waals surface area contributed by atoms with E-state index in [0.29, 0.717) is 5.25 Å². The quantitative estimate of drug-likeness (QED) is 0.749. The lowest BCUT2D eigenvalue weighted by atomic mass is 10.2. The zero-order chi connectivity index (χ0) is 11.1. The molecule has 2 nitrogen and oxygen atoms in total. The number of hydrogen-bond acceptors (Lipinski definition) is 3. The third kappa shape index (κ3) is 7.03. The van der Waals surface area contributed by atoms with Gasteiger partial charge >= 0.3 is 6.36 Å². The smallest absolute Gasteiger partial charge is 0.313 e. The van der Waals surface area contributed by atoms with Crippen molar-refractivity contribution in [2.75, 3.05) is 25.4 Å². The van der Waals surface area contributed by atoms with Gasteiger partial charge in [0.15, 0.2) is 0 Å².